The fraction of sp³-hybridized carbons (Fsp3) is 0.312. The first-order chi connectivity index (χ1) is 10.4. The summed E-state index contributed by atoms with van der Waals surface area (Å²) in [5.41, 5.74) is 0.988. The Morgan fingerprint density at radius 2 is 2.05 bits per heavy atom. The van der Waals surface area contributed by atoms with Gasteiger partial charge in [-0.2, -0.15) is 0 Å². The van der Waals surface area contributed by atoms with Crippen LogP contribution in [0.25, 0.3) is 0 Å². The van der Waals surface area contributed by atoms with Gasteiger partial charge in [0, 0.05) is 17.2 Å². The van der Waals surface area contributed by atoms with Crippen LogP contribution in [0.3, 0.4) is 0 Å². The molecule has 22 heavy (non-hydrogen) atoms. The monoisotopic (exact) mass is 332 g/mol. The number of aliphatic imine (C=N–C) groups is 1. The average molecular weight is 332 g/mol. The van der Waals surface area contributed by atoms with Crippen molar-refractivity contribution in [3.05, 3.63) is 41.3 Å². The Morgan fingerprint density at radius 1 is 1.32 bits per heavy atom. The summed E-state index contributed by atoms with van der Waals surface area (Å²) >= 11 is 3.19. The third-order valence-electron chi connectivity index (χ3n) is 3.68. The van der Waals surface area contributed by atoms with Crippen LogP contribution in [-0.4, -0.2) is 33.9 Å². The van der Waals surface area contributed by atoms with E-state index in [1.165, 1.54) is 0 Å². The molecule has 0 N–H and O–H groups in total. The number of benzene rings is 1. The number of fused-ring (bicyclic) bond motifs is 1. The van der Waals surface area contributed by atoms with Crippen LogP contribution in [0.4, 0.5) is 5.69 Å². The zero-order valence-corrected chi connectivity index (χ0v) is 14.1. The molecule has 2 heterocycles. The Balaban J connectivity index is 1.65. The lowest BCUT2D eigenvalue weighted by Crippen LogP contribution is -2.31. The fourth-order valence-corrected chi connectivity index (χ4v) is 4.61. The number of Topliss-reactive ketones (excluding diaryl/α,β-unsaturated/α-hetero) is 1. The van der Waals surface area contributed by atoms with Gasteiger partial charge in [0.25, 0.3) is 11.7 Å². The zero-order valence-electron chi connectivity index (χ0n) is 12.5. The molecule has 0 spiro atoms. The van der Waals surface area contributed by atoms with Gasteiger partial charge in [0.05, 0.1) is 16.8 Å². The third kappa shape index (κ3) is 2.61. The Kier molecular flexibility index (Phi) is 3.91. The lowest BCUT2D eigenvalue weighted by atomic mass is 10.1. The zero-order chi connectivity index (χ0) is 15.9. The van der Waals surface area contributed by atoms with Crippen LogP contribution in [-0.2, 0) is 4.79 Å². The van der Waals surface area contributed by atoms with Gasteiger partial charge >= 0.3 is 0 Å². The molecule has 0 fully saturated rings. The molecule has 0 saturated carbocycles. The summed E-state index contributed by atoms with van der Waals surface area (Å²) in [6.07, 6.45) is 0. The molecular weight excluding hydrogens is 316 g/mol. The van der Waals surface area contributed by atoms with Gasteiger partial charge in [0.15, 0.2) is 0 Å². The fourth-order valence-electron chi connectivity index (χ4n) is 2.30. The van der Waals surface area contributed by atoms with Crippen LogP contribution in [0, 0.1) is 0 Å². The number of para-hydroxylation sites is 1. The van der Waals surface area contributed by atoms with E-state index in [0.717, 1.165) is 9.28 Å². The van der Waals surface area contributed by atoms with Crippen molar-refractivity contribution >= 4 is 45.3 Å². The third-order valence-corrected chi connectivity index (χ3v) is 6.02. The number of hydrogen-bond donors (Lipinski definition) is 0. The van der Waals surface area contributed by atoms with E-state index in [4.69, 9.17) is 0 Å². The second kappa shape index (κ2) is 5.59. The number of amides is 1. The average Bonchev–Trinajstić information content (AvgIpc) is 2.87. The Hall–Kier alpha value is -1.53. The minimum atomic E-state index is -0.437. The van der Waals surface area contributed by atoms with E-state index in [1.54, 1.807) is 40.6 Å². The molecule has 1 aromatic carbocycles. The van der Waals surface area contributed by atoms with Gasteiger partial charge in [-0.05, 0) is 26.0 Å². The molecular formula is C16H16N2O2S2. The van der Waals surface area contributed by atoms with Crippen molar-refractivity contribution in [3.8, 4) is 0 Å². The van der Waals surface area contributed by atoms with E-state index in [0.29, 0.717) is 23.5 Å². The minimum absolute atomic E-state index is 0.223. The summed E-state index contributed by atoms with van der Waals surface area (Å²) in [6, 6.07) is 7.13. The van der Waals surface area contributed by atoms with Gasteiger partial charge < -0.3 is 4.90 Å². The molecule has 0 aliphatic carbocycles. The predicted octanol–water partition coefficient (Wildman–Crippen LogP) is 3.34. The number of anilines is 1. The Bertz CT molecular complexity index is 710. The van der Waals surface area contributed by atoms with Gasteiger partial charge in [-0.25, -0.2) is 0 Å². The van der Waals surface area contributed by atoms with Gasteiger partial charge in [-0.1, -0.05) is 42.2 Å². The molecule has 6 heteroatoms. The summed E-state index contributed by atoms with van der Waals surface area (Å²) in [6.45, 7) is 8.59. The van der Waals surface area contributed by atoms with Gasteiger partial charge in [-0.15, -0.1) is 0 Å². The molecule has 0 saturated heterocycles. The second-order valence-electron chi connectivity index (χ2n) is 5.61. The van der Waals surface area contributed by atoms with E-state index in [2.05, 4.69) is 11.6 Å². The van der Waals surface area contributed by atoms with Crippen molar-refractivity contribution in [2.45, 2.75) is 19.4 Å². The summed E-state index contributed by atoms with van der Waals surface area (Å²) in [5.74, 6) is -0.155. The molecule has 114 valence electrons. The Labute approximate surface area is 138 Å². The number of nitrogens with zero attached hydrogens (tertiary/aromatic N) is 2. The van der Waals surface area contributed by atoms with E-state index in [1.807, 2.05) is 26.0 Å². The number of thioether (sulfide) groups is 2. The maximum Gasteiger partial charge on any atom is 0.299 e. The molecule has 1 amide bonds. The van der Waals surface area contributed by atoms with Crippen LogP contribution < -0.4 is 4.90 Å². The topological polar surface area (TPSA) is 49.7 Å². The van der Waals surface area contributed by atoms with Crippen LogP contribution in [0.15, 0.2) is 40.7 Å². The minimum Gasteiger partial charge on any atom is -0.304 e. The summed E-state index contributed by atoms with van der Waals surface area (Å²) < 4.78 is 0.973. The van der Waals surface area contributed by atoms with Gasteiger partial charge in [0.1, 0.15) is 4.38 Å². The maximum atomic E-state index is 12.1. The lowest BCUT2D eigenvalue weighted by molar-refractivity contribution is -0.114. The standard InChI is InChI=1S/C16H16N2O2S2/c1-10-16(2,3)17-15(22-10)21-9-8-18-12-7-5-4-6-11(12)13(19)14(18)20/h4-7H,1,8-9H2,2-3H3. The largest absolute Gasteiger partial charge is 0.304 e. The molecule has 0 radical (unpaired) electrons. The number of carbonyl (C=O) groups is 2. The highest BCUT2D eigenvalue weighted by Gasteiger charge is 2.35. The molecule has 3 rings (SSSR count). The Morgan fingerprint density at radius 3 is 2.73 bits per heavy atom. The summed E-state index contributed by atoms with van der Waals surface area (Å²) in [4.78, 5) is 31.2. The van der Waals surface area contributed by atoms with E-state index in [9.17, 15) is 9.59 Å². The normalized spacial score (nSPS) is 19.6. The quantitative estimate of drug-likeness (QED) is 0.797. The van der Waals surface area contributed by atoms with E-state index < -0.39 is 11.7 Å². The van der Waals surface area contributed by atoms with Crippen LogP contribution >= 0.6 is 23.5 Å². The molecule has 0 atom stereocenters. The number of hydrogen-bond acceptors (Lipinski definition) is 5. The van der Waals surface area contributed by atoms with Crippen LogP contribution in [0.1, 0.15) is 24.2 Å². The van der Waals surface area contributed by atoms with Crippen LogP contribution in [0.2, 0.25) is 0 Å². The molecule has 1 aromatic rings. The highest BCUT2D eigenvalue weighted by Crippen LogP contribution is 2.41. The van der Waals surface area contributed by atoms with Crippen molar-refractivity contribution in [3.63, 3.8) is 0 Å². The molecule has 2 aliphatic heterocycles. The first-order valence-corrected chi connectivity index (χ1v) is 8.75. The van der Waals surface area contributed by atoms with E-state index in [-0.39, 0.29) is 5.54 Å². The first kappa shape index (κ1) is 15.4. The lowest BCUT2D eigenvalue weighted by Gasteiger charge is -2.15. The highest BCUT2D eigenvalue weighted by molar-refractivity contribution is 8.40. The van der Waals surface area contributed by atoms with E-state index >= 15 is 0 Å². The molecule has 0 unspecified atom stereocenters. The van der Waals surface area contributed by atoms with Gasteiger partial charge in [-0.3, -0.25) is 14.6 Å². The van der Waals surface area contributed by atoms with Crippen LogP contribution in [0.5, 0.6) is 0 Å². The second-order valence-corrected chi connectivity index (χ2v) is 8.04. The SMILES string of the molecule is C=C1SC(SCCN2C(=O)C(=O)c3ccccc32)=NC1(C)C. The number of rotatable bonds is 3. The molecule has 4 nitrogen and oxygen atoms in total. The highest BCUT2D eigenvalue weighted by atomic mass is 32.2. The smallest absolute Gasteiger partial charge is 0.299 e. The van der Waals surface area contributed by atoms with Crippen molar-refractivity contribution in [1.29, 1.82) is 0 Å². The van der Waals surface area contributed by atoms with Crippen molar-refractivity contribution < 1.29 is 9.59 Å². The first-order valence-electron chi connectivity index (χ1n) is 6.95. The maximum absolute atomic E-state index is 12.1. The summed E-state index contributed by atoms with van der Waals surface area (Å²) in [7, 11) is 0. The van der Waals surface area contributed by atoms with Gasteiger partial charge in [0.2, 0.25) is 0 Å². The number of ketones is 1. The predicted molar refractivity (Wildman–Crippen MR) is 93.8 cm³/mol. The number of carbonyl (C=O) groups excluding carboxylic acids is 2. The molecule has 0 aromatic heterocycles. The molecule has 2 aliphatic rings. The molecule has 0 bridgehead atoms. The van der Waals surface area contributed by atoms with Crippen molar-refractivity contribution in [1.82, 2.24) is 0 Å². The van der Waals surface area contributed by atoms with Crippen molar-refractivity contribution in [2.24, 2.45) is 4.99 Å². The summed E-state index contributed by atoms with van der Waals surface area (Å²) in [5, 5.41) is 0. The van der Waals surface area contributed by atoms with Crippen molar-refractivity contribution in [2.75, 3.05) is 17.2 Å².